The second-order valence-corrected chi connectivity index (χ2v) is 4.72. The highest BCUT2D eigenvalue weighted by Gasteiger charge is 2.03. The van der Waals surface area contributed by atoms with E-state index < -0.39 is 5.82 Å². The molecule has 0 aliphatic heterocycles. The van der Waals surface area contributed by atoms with Gasteiger partial charge in [-0.1, -0.05) is 12.1 Å². The first-order valence-corrected chi connectivity index (χ1v) is 6.52. The average molecular weight is 277 g/mol. The number of aromatic nitrogens is 1. The molecule has 1 N–H and O–H groups in total. The fraction of sp³-hybridized carbons (Fsp3) is 0.0588. The Bertz CT molecular complexity index is 837. The molecule has 3 rings (SSSR count). The van der Waals surface area contributed by atoms with Crippen LogP contribution < -0.4 is 5.32 Å². The summed E-state index contributed by atoms with van der Waals surface area (Å²) in [4.78, 5) is 4.07. The number of nitrogens with zero attached hydrogens (tertiary/aromatic N) is 2. The molecule has 21 heavy (non-hydrogen) atoms. The van der Waals surface area contributed by atoms with Crippen molar-refractivity contribution < 1.29 is 4.39 Å². The first-order chi connectivity index (χ1) is 10.3. The van der Waals surface area contributed by atoms with Crippen LogP contribution in [0.5, 0.6) is 0 Å². The van der Waals surface area contributed by atoms with Crippen molar-refractivity contribution in [2.45, 2.75) is 6.54 Å². The number of nitriles is 1. The number of pyridine rings is 1. The van der Waals surface area contributed by atoms with Gasteiger partial charge in [-0.25, -0.2) is 4.39 Å². The van der Waals surface area contributed by atoms with Crippen LogP contribution in [-0.4, -0.2) is 4.98 Å². The molecule has 3 aromatic rings. The molecule has 0 fully saturated rings. The first-order valence-electron chi connectivity index (χ1n) is 6.52. The molecule has 102 valence electrons. The number of hydrogen-bond donors (Lipinski definition) is 1. The quantitative estimate of drug-likeness (QED) is 0.791. The molecule has 0 unspecified atom stereocenters. The lowest BCUT2D eigenvalue weighted by Crippen LogP contribution is -2.01. The summed E-state index contributed by atoms with van der Waals surface area (Å²) in [7, 11) is 0. The summed E-state index contributed by atoms with van der Waals surface area (Å²) < 4.78 is 13.8. The monoisotopic (exact) mass is 277 g/mol. The Labute approximate surface area is 121 Å². The highest BCUT2D eigenvalue weighted by molar-refractivity contribution is 5.82. The fourth-order valence-electron chi connectivity index (χ4n) is 2.17. The van der Waals surface area contributed by atoms with Gasteiger partial charge in [0.15, 0.2) is 0 Å². The third-order valence-corrected chi connectivity index (χ3v) is 3.29. The maximum Gasteiger partial charge on any atom is 0.147 e. The highest BCUT2D eigenvalue weighted by Crippen LogP contribution is 2.18. The summed E-state index contributed by atoms with van der Waals surface area (Å²) in [5.74, 6) is -0.418. The van der Waals surface area contributed by atoms with Gasteiger partial charge >= 0.3 is 0 Å². The minimum atomic E-state index is -0.418. The molecular weight excluding hydrogens is 265 g/mol. The Morgan fingerprint density at radius 1 is 1.10 bits per heavy atom. The van der Waals surface area contributed by atoms with Crippen LogP contribution in [0.4, 0.5) is 10.1 Å². The van der Waals surface area contributed by atoms with Crippen molar-refractivity contribution in [1.29, 1.82) is 5.26 Å². The van der Waals surface area contributed by atoms with Crippen molar-refractivity contribution in [2.75, 3.05) is 5.32 Å². The third-order valence-electron chi connectivity index (χ3n) is 3.29. The summed E-state index contributed by atoms with van der Waals surface area (Å²) >= 11 is 0. The van der Waals surface area contributed by atoms with Crippen molar-refractivity contribution in [3.63, 3.8) is 0 Å². The number of rotatable bonds is 3. The molecule has 4 heteroatoms. The van der Waals surface area contributed by atoms with E-state index in [0.29, 0.717) is 17.8 Å². The van der Waals surface area contributed by atoms with Crippen LogP contribution in [0.2, 0.25) is 0 Å². The van der Waals surface area contributed by atoms with Gasteiger partial charge in [0, 0.05) is 24.3 Å². The zero-order valence-electron chi connectivity index (χ0n) is 11.2. The van der Waals surface area contributed by atoms with Gasteiger partial charge in [-0.3, -0.25) is 4.98 Å². The second-order valence-electron chi connectivity index (χ2n) is 4.72. The lowest BCUT2D eigenvalue weighted by atomic mass is 10.1. The number of halogens is 1. The summed E-state index contributed by atoms with van der Waals surface area (Å²) in [6.07, 6.45) is 3.56. The molecular formula is C17H12FN3. The van der Waals surface area contributed by atoms with Crippen LogP contribution in [0.1, 0.15) is 11.1 Å². The molecule has 0 atom stereocenters. The average Bonchev–Trinajstić information content (AvgIpc) is 2.53. The van der Waals surface area contributed by atoms with Crippen molar-refractivity contribution in [1.82, 2.24) is 4.98 Å². The van der Waals surface area contributed by atoms with Crippen LogP contribution in [0.25, 0.3) is 10.8 Å². The van der Waals surface area contributed by atoms with Gasteiger partial charge in [-0.15, -0.1) is 0 Å². The molecule has 0 saturated carbocycles. The van der Waals surface area contributed by atoms with Crippen molar-refractivity contribution in [3.05, 3.63) is 71.8 Å². The first kappa shape index (κ1) is 13.1. The normalized spacial score (nSPS) is 10.3. The third kappa shape index (κ3) is 2.82. The summed E-state index contributed by atoms with van der Waals surface area (Å²) in [6.45, 7) is 0.515. The van der Waals surface area contributed by atoms with E-state index in [0.717, 1.165) is 16.3 Å². The van der Waals surface area contributed by atoms with E-state index in [1.165, 1.54) is 6.07 Å². The van der Waals surface area contributed by atoms with E-state index in [4.69, 9.17) is 5.26 Å². The lowest BCUT2D eigenvalue weighted by molar-refractivity contribution is 0.629. The number of hydrogen-bond acceptors (Lipinski definition) is 3. The summed E-state index contributed by atoms with van der Waals surface area (Å²) in [5.41, 5.74) is 1.76. The van der Waals surface area contributed by atoms with Gasteiger partial charge in [-0.05, 0) is 41.3 Å². The summed E-state index contributed by atoms with van der Waals surface area (Å²) in [6, 6.07) is 14.3. The van der Waals surface area contributed by atoms with Gasteiger partial charge in [-0.2, -0.15) is 5.26 Å². The zero-order chi connectivity index (χ0) is 14.7. The van der Waals surface area contributed by atoms with Gasteiger partial charge in [0.1, 0.15) is 5.82 Å². The van der Waals surface area contributed by atoms with E-state index in [2.05, 4.69) is 10.3 Å². The smallest absolute Gasteiger partial charge is 0.147 e. The predicted octanol–water partition coefficient (Wildman–Crippen LogP) is 3.86. The SMILES string of the molecule is N#Cc1ccc(NCc2ccc3cnccc3c2)c(F)c1. The van der Waals surface area contributed by atoms with Crippen LogP contribution in [0.3, 0.4) is 0 Å². The molecule has 0 bridgehead atoms. The van der Waals surface area contributed by atoms with E-state index in [1.807, 2.05) is 36.5 Å². The molecule has 3 nitrogen and oxygen atoms in total. The van der Waals surface area contributed by atoms with E-state index in [-0.39, 0.29) is 0 Å². The van der Waals surface area contributed by atoms with Crippen LogP contribution in [0.15, 0.2) is 54.9 Å². The number of anilines is 1. The highest BCUT2D eigenvalue weighted by atomic mass is 19.1. The maximum atomic E-state index is 13.8. The van der Waals surface area contributed by atoms with Crippen molar-refractivity contribution in [2.24, 2.45) is 0 Å². The molecule has 1 heterocycles. The minimum Gasteiger partial charge on any atom is -0.379 e. The topological polar surface area (TPSA) is 48.7 Å². The van der Waals surface area contributed by atoms with Crippen LogP contribution in [-0.2, 0) is 6.54 Å². The Balaban J connectivity index is 1.78. The van der Waals surface area contributed by atoms with Crippen LogP contribution >= 0.6 is 0 Å². The van der Waals surface area contributed by atoms with Gasteiger partial charge in [0.25, 0.3) is 0 Å². The molecule has 2 aromatic carbocycles. The molecule has 0 aliphatic carbocycles. The standard InChI is InChI=1S/C17H12FN3/c18-16-8-12(9-19)2-4-17(16)21-10-13-1-3-15-11-20-6-5-14(15)7-13/h1-8,11,21H,10H2. The minimum absolute atomic E-state index is 0.316. The molecule has 0 radical (unpaired) electrons. The Kier molecular flexibility index (Phi) is 3.48. The van der Waals surface area contributed by atoms with E-state index in [9.17, 15) is 4.39 Å². The predicted molar refractivity (Wildman–Crippen MR) is 80.2 cm³/mol. The van der Waals surface area contributed by atoms with Gasteiger partial charge in [0.05, 0.1) is 17.3 Å². The van der Waals surface area contributed by atoms with Gasteiger partial charge < -0.3 is 5.32 Å². The Morgan fingerprint density at radius 2 is 2.00 bits per heavy atom. The second kappa shape index (κ2) is 5.59. The van der Waals surface area contributed by atoms with Crippen molar-refractivity contribution >= 4 is 16.5 Å². The molecule has 1 aromatic heterocycles. The Morgan fingerprint density at radius 3 is 2.81 bits per heavy atom. The molecule has 0 aliphatic rings. The van der Waals surface area contributed by atoms with Crippen LogP contribution in [0, 0.1) is 17.1 Å². The lowest BCUT2D eigenvalue weighted by Gasteiger charge is -2.08. The fourth-order valence-corrected chi connectivity index (χ4v) is 2.17. The molecule has 0 saturated heterocycles. The molecule has 0 amide bonds. The zero-order valence-corrected chi connectivity index (χ0v) is 11.2. The number of nitrogens with one attached hydrogen (secondary N) is 1. The molecule has 0 spiro atoms. The number of fused-ring (bicyclic) bond motifs is 1. The van der Waals surface area contributed by atoms with Gasteiger partial charge in [0.2, 0.25) is 0 Å². The Hall–Kier alpha value is -2.93. The largest absolute Gasteiger partial charge is 0.379 e. The number of benzene rings is 2. The van der Waals surface area contributed by atoms with E-state index in [1.54, 1.807) is 18.3 Å². The maximum absolute atomic E-state index is 13.8. The van der Waals surface area contributed by atoms with E-state index >= 15 is 0 Å². The van der Waals surface area contributed by atoms with Crippen molar-refractivity contribution in [3.8, 4) is 6.07 Å². The summed E-state index contributed by atoms with van der Waals surface area (Å²) in [5, 5.41) is 13.9.